The van der Waals surface area contributed by atoms with Crippen molar-refractivity contribution in [3.05, 3.63) is 52.4 Å². The van der Waals surface area contributed by atoms with E-state index >= 15 is 0 Å². The molecule has 1 heterocycles. The van der Waals surface area contributed by atoms with Gasteiger partial charge in [-0.25, -0.2) is 4.98 Å². The molecule has 0 spiro atoms. The van der Waals surface area contributed by atoms with Crippen LogP contribution in [-0.4, -0.2) is 9.97 Å². The summed E-state index contributed by atoms with van der Waals surface area (Å²) in [7, 11) is 0. The van der Waals surface area contributed by atoms with Gasteiger partial charge in [-0.2, -0.15) is 0 Å². The number of nitrogens with two attached hydrogens (primary N) is 1. The van der Waals surface area contributed by atoms with Crippen molar-refractivity contribution >= 4 is 11.8 Å². The van der Waals surface area contributed by atoms with E-state index < -0.39 is 0 Å². The van der Waals surface area contributed by atoms with Crippen molar-refractivity contribution in [2.24, 2.45) is 5.73 Å². The molecule has 5 heteroatoms. The average molecular weight is 233 g/mol. The third kappa shape index (κ3) is 2.50. The number of nitrogens with zero attached hydrogens (tertiary/aromatic N) is 1. The van der Waals surface area contributed by atoms with Crippen LogP contribution < -0.4 is 11.3 Å². The zero-order valence-electron chi connectivity index (χ0n) is 8.51. The van der Waals surface area contributed by atoms with E-state index in [1.165, 1.54) is 24.0 Å². The molecule has 0 bridgehead atoms. The first-order valence-corrected chi connectivity index (χ1v) is 5.62. The zero-order chi connectivity index (χ0) is 11.4. The minimum absolute atomic E-state index is 0.150. The quantitative estimate of drug-likeness (QED) is 0.786. The molecular formula is C11H11N3OS. The third-order valence-electron chi connectivity index (χ3n) is 2.05. The van der Waals surface area contributed by atoms with Crippen LogP contribution in [0.25, 0.3) is 0 Å². The maximum Gasteiger partial charge on any atom is 0.251 e. The van der Waals surface area contributed by atoms with Gasteiger partial charge in [0.05, 0.1) is 0 Å². The fraction of sp³-hybridized carbons (Fsp3) is 0.0909. The summed E-state index contributed by atoms with van der Waals surface area (Å²) in [6.07, 6.45) is 1.49. The molecule has 0 saturated carbocycles. The van der Waals surface area contributed by atoms with Gasteiger partial charge in [-0.1, -0.05) is 30.0 Å². The topological polar surface area (TPSA) is 71.8 Å². The maximum absolute atomic E-state index is 11.1. The standard InChI is InChI=1S/C11H11N3OS/c12-7-8-3-1-2-4-9(8)16-11-13-6-5-10(15)14-11/h1-6H,7,12H2,(H,13,14,15). The van der Waals surface area contributed by atoms with Gasteiger partial charge >= 0.3 is 0 Å². The Morgan fingerprint density at radius 1 is 1.31 bits per heavy atom. The second-order valence-corrected chi connectivity index (χ2v) is 4.18. The van der Waals surface area contributed by atoms with E-state index in [1.54, 1.807) is 0 Å². The molecule has 0 radical (unpaired) electrons. The summed E-state index contributed by atoms with van der Waals surface area (Å²) < 4.78 is 0. The Morgan fingerprint density at radius 3 is 2.88 bits per heavy atom. The lowest BCUT2D eigenvalue weighted by Crippen LogP contribution is -2.05. The molecule has 0 atom stereocenters. The van der Waals surface area contributed by atoms with Crippen LogP contribution in [-0.2, 0) is 6.54 Å². The third-order valence-corrected chi connectivity index (χ3v) is 3.07. The fourth-order valence-electron chi connectivity index (χ4n) is 1.28. The molecule has 0 aliphatic rings. The first-order chi connectivity index (χ1) is 7.79. The smallest absolute Gasteiger partial charge is 0.251 e. The summed E-state index contributed by atoms with van der Waals surface area (Å²) in [6, 6.07) is 9.18. The van der Waals surface area contributed by atoms with Crippen molar-refractivity contribution < 1.29 is 0 Å². The van der Waals surface area contributed by atoms with E-state index in [9.17, 15) is 4.79 Å². The Hall–Kier alpha value is -1.59. The van der Waals surface area contributed by atoms with Crippen molar-refractivity contribution in [2.75, 3.05) is 0 Å². The van der Waals surface area contributed by atoms with Gasteiger partial charge in [-0.3, -0.25) is 4.79 Å². The van der Waals surface area contributed by atoms with Gasteiger partial charge in [0.25, 0.3) is 5.56 Å². The predicted molar refractivity (Wildman–Crippen MR) is 63.3 cm³/mol. The van der Waals surface area contributed by atoms with Crippen LogP contribution >= 0.6 is 11.8 Å². The van der Waals surface area contributed by atoms with Gasteiger partial charge in [-0.05, 0) is 11.6 Å². The van der Waals surface area contributed by atoms with Crippen LogP contribution in [0.15, 0.2) is 51.4 Å². The highest BCUT2D eigenvalue weighted by Gasteiger charge is 2.03. The summed E-state index contributed by atoms with van der Waals surface area (Å²) in [4.78, 5) is 18.9. The van der Waals surface area contributed by atoms with Crippen LogP contribution in [0, 0.1) is 0 Å². The first kappa shape index (κ1) is 10.9. The molecule has 0 unspecified atom stereocenters. The number of H-pyrrole nitrogens is 1. The molecule has 3 N–H and O–H groups in total. The van der Waals surface area contributed by atoms with Gasteiger partial charge in [-0.15, -0.1) is 0 Å². The molecule has 0 fully saturated rings. The maximum atomic E-state index is 11.1. The summed E-state index contributed by atoms with van der Waals surface area (Å²) in [5.74, 6) is 0. The Balaban J connectivity index is 2.30. The van der Waals surface area contributed by atoms with Crippen molar-refractivity contribution in [1.29, 1.82) is 0 Å². The predicted octanol–water partition coefficient (Wildman–Crippen LogP) is 1.38. The van der Waals surface area contributed by atoms with Gasteiger partial charge in [0.2, 0.25) is 0 Å². The van der Waals surface area contributed by atoms with E-state index in [0.717, 1.165) is 10.5 Å². The van der Waals surface area contributed by atoms with Crippen molar-refractivity contribution in [3.63, 3.8) is 0 Å². The molecule has 0 saturated heterocycles. The van der Waals surface area contributed by atoms with Crippen molar-refractivity contribution in [1.82, 2.24) is 9.97 Å². The average Bonchev–Trinajstić information content (AvgIpc) is 2.30. The first-order valence-electron chi connectivity index (χ1n) is 4.81. The normalized spacial score (nSPS) is 10.3. The van der Waals surface area contributed by atoms with E-state index in [2.05, 4.69) is 9.97 Å². The Morgan fingerprint density at radius 2 is 2.12 bits per heavy atom. The highest BCUT2D eigenvalue weighted by molar-refractivity contribution is 7.99. The number of hydrogen-bond acceptors (Lipinski definition) is 4. The molecule has 0 aliphatic heterocycles. The monoisotopic (exact) mass is 233 g/mol. The summed E-state index contributed by atoms with van der Waals surface area (Å²) in [5.41, 5.74) is 6.52. The van der Waals surface area contributed by atoms with E-state index in [-0.39, 0.29) is 5.56 Å². The van der Waals surface area contributed by atoms with Crippen LogP contribution in [0.3, 0.4) is 0 Å². The summed E-state index contributed by atoms with van der Waals surface area (Å²) >= 11 is 1.41. The number of aromatic amines is 1. The number of aromatic nitrogens is 2. The number of hydrogen-bond donors (Lipinski definition) is 2. The minimum Gasteiger partial charge on any atom is -0.326 e. The lowest BCUT2D eigenvalue weighted by atomic mass is 10.2. The zero-order valence-corrected chi connectivity index (χ0v) is 9.33. The van der Waals surface area contributed by atoms with Crippen LogP contribution in [0.1, 0.15) is 5.56 Å². The molecule has 1 aromatic carbocycles. The molecule has 2 rings (SSSR count). The van der Waals surface area contributed by atoms with Gasteiger partial charge in [0, 0.05) is 23.7 Å². The molecular weight excluding hydrogens is 222 g/mol. The highest BCUT2D eigenvalue weighted by atomic mass is 32.2. The van der Waals surface area contributed by atoms with Crippen molar-refractivity contribution in [3.8, 4) is 0 Å². The summed E-state index contributed by atoms with van der Waals surface area (Å²) in [6.45, 7) is 0.472. The second kappa shape index (κ2) is 4.96. The van der Waals surface area contributed by atoms with Crippen LogP contribution in [0.4, 0.5) is 0 Å². The lowest BCUT2D eigenvalue weighted by molar-refractivity contribution is 0.933. The van der Waals surface area contributed by atoms with Gasteiger partial charge < -0.3 is 10.7 Å². The summed E-state index contributed by atoms with van der Waals surface area (Å²) in [5, 5.41) is 0.577. The molecule has 0 aliphatic carbocycles. The second-order valence-electron chi connectivity index (χ2n) is 3.15. The lowest BCUT2D eigenvalue weighted by Gasteiger charge is -2.05. The number of nitrogens with one attached hydrogen (secondary N) is 1. The molecule has 2 aromatic rings. The largest absolute Gasteiger partial charge is 0.326 e. The van der Waals surface area contributed by atoms with E-state index in [0.29, 0.717) is 11.7 Å². The van der Waals surface area contributed by atoms with Gasteiger partial charge in [0.15, 0.2) is 5.16 Å². The molecule has 1 aromatic heterocycles. The molecule has 82 valence electrons. The molecule has 4 nitrogen and oxygen atoms in total. The van der Waals surface area contributed by atoms with Gasteiger partial charge in [0.1, 0.15) is 0 Å². The van der Waals surface area contributed by atoms with E-state index in [4.69, 9.17) is 5.73 Å². The highest BCUT2D eigenvalue weighted by Crippen LogP contribution is 2.26. The molecule has 16 heavy (non-hydrogen) atoms. The van der Waals surface area contributed by atoms with E-state index in [1.807, 2.05) is 24.3 Å². The number of rotatable bonds is 3. The van der Waals surface area contributed by atoms with Crippen molar-refractivity contribution in [2.45, 2.75) is 16.6 Å². The number of benzene rings is 1. The van der Waals surface area contributed by atoms with Crippen LogP contribution in [0.2, 0.25) is 0 Å². The Kier molecular flexibility index (Phi) is 3.38. The SMILES string of the molecule is NCc1ccccc1Sc1nccc(=O)[nH]1. The fourth-order valence-corrected chi connectivity index (χ4v) is 2.18. The Bertz CT molecular complexity index is 539. The minimum atomic E-state index is -0.150. The molecule has 0 amide bonds. The Labute approximate surface area is 96.9 Å². The van der Waals surface area contributed by atoms with Crippen LogP contribution in [0.5, 0.6) is 0 Å².